The molecule has 192 valence electrons. The Labute approximate surface area is 208 Å². The molecule has 0 unspecified atom stereocenters. The van der Waals surface area contributed by atoms with E-state index in [4.69, 9.17) is 23.8 Å². The van der Waals surface area contributed by atoms with Gasteiger partial charge < -0.3 is 18.9 Å². The molecule has 5 fully saturated rings. The summed E-state index contributed by atoms with van der Waals surface area (Å²) in [5.74, 6) is -1.67. The van der Waals surface area contributed by atoms with Gasteiger partial charge in [0.1, 0.15) is 12.0 Å². The molecular weight excluding hydrogens is 446 g/mol. The maximum atomic E-state index is 13.2. The Balaban J connectivity index is 1.28. The number of fused-ring (bicyclic) bond motifs is 1. The number of ether oxygens (including phenoxy) is 4. The summed E-state index contributed by atoms with van der Waals surface area (Å²) in [6.45, 7) is 1.83. The molecule has 1 aromatic rings. The first-order valence-corrected chi connectivity index (χ1v) is 13.6. The minimum Gasteiger partial charge on any atom is -0.469 e. The van der Waals surface area contributed by atoms with Crippen LogP contribution in [0, 0.1) is 11.3 Å². The number of piperidine rings is 1. The van der Waals surface area contributed by atoms with Crippen LogP contribution in [0.4, 0.5) is 0 Å². The average molecular weight is 486 g/mol. The van der Waals surface area contributed by atoms with Gasteiger partial charge in [-0.2, -0.15) is 5.06 Å². The molecule has 3 aliphatic heterocycles. The van der Waals surface area contributed by atoms with Gasteiger partial charge in [0.15, 0.2) is 5.79 Å². The van der Waals surface area contributed by atoms with Crippen molar-refractivity contribution in [3.05, 3.63) is 35.9 Å². The maximum absolute atomic E-state index is 13.2. The smallest absolute Gasteiger partial charge is 0.313 e. The minimum atomic E-state index is -1.01. The Morgan fingerprint density at radius 3 is 2.49 bits per heavy atom. The third kappa shape index (κ3) is 4.13. The van der Waals surface area contributed by atoms with Crippen LogP contribution in [0.25, 0.3) is 0 Å². The lowest BCUT2D eigenvalue weighted by atomic mass is 9.77. The number of methoxy groups -OCH3 is 1. The lowest BCUT2D eigenvalue weighted by Crippen LogP contribution is -2.63. The van der Waals surface area contributed by atoms with E-state index in [1.807, 2.05) is 23.3 Å². The fourth-order valence-corrected chi connectivity index (χ4v) is 7.62. The van der Waals surface area contributed by atoms with Gasteiger partial charge in [-0.1, -0.05) is 49.6 Å². The number of rotatable bonds is 7. The standard InChI is InChI=1S/C28H39NO6/c1-31-26(30)24-21-11-5-6-17-29(21)35-25(24)28(16-18-32-19-20-9-3-2-4-10-20)33-22-12-7-14-27(22)15-8-13-23(27)34-28/h2-4,9-10,21-25H,5-8,11-19H2,1H3/t21-,22+,23+,24+,25+,27?/m0/s1. The van der Waals surface area contributed by atoms with Gasteiger partial charge in [0, 0.05) is 18.4 Å². The predicted molar refractivity (Wildman–Crippen MR) is 128 cm³/mol. The molecule has 0 radical (unpaired) electrons. The highest BCUT2D eigenvalue weighted by Gasteiger charge is 2.66. The molecule has 5 aliphatic rings. The SMILES string of the molecule is COC(=O)[C@H]1[C@H](C2(CCOCc3ccccc3)O[C@@H]3CCCC34CCC[C@H]4O2)ON2CCCC[C@@H]12. The highest BCUT2D eigenvalue weighted by molar-refractivity contribution is 5.74. The van der Waals surface area contributed by atoms with Gasteiger partial charge in [-0.3, -0.25) is 9.63 Å². The van der Waals surface area contributed by atoms with Crippen LogP contribution in [0.5, 0.6) is 0 Å². The molecule has 0 bridgehead atoms. The minimum absolute atomic E-state index is 0.00866. The van der Waals surface area contributed by atoms with Gasteiger partial charge in [0.05, 0.1) is 38.6 Å². The molecule has 1 spiro atoms. The van der Waals surface area contributed by atoms with Crippen molar-refractivity contribution in [1.29, 1.82) is 0 Å². The topological polar surface area (TPSA) is 66.5 Å². The molecule has 7 nitrogen and oxygen atoms in total. The zero-order valence-electron chi connectivity index (χ0n) is 20.9. The molecule has 6 rings (SSSR count). The number of hydrogen-bond donors (Lipinski definition) is 0. The first-order valence-electron chi connectivity index (χ1n) is 13.6. The number of hydroxylamine groups is 2. The summed E-state index contributed by atoms with van der Waals surface area (Å²) in [4.78, 5) is 19.7. The zero-order valence-corrected chi connectivity index (χ0v) is 20.9. The van der Waals surface area contributed by atoms with Crippen LogP contribution in [0.2, 0.25) is 0 Å². The molecular formula is C28H39NO6. The summed E-state index contributed by atoms with van der Waals surface area (Å²) in [5, 5.41) is 2.01. The fraction of sp³-hybridized carbons (Fsp3) is 0.750. The zero-order chi connectivity index (χ0) is 23.9. The highest BCUT2D eigenvalue weighted by Crippen LogP contribution is 2.60. The van der Waals surface area contributed by atoms with Crippen LogP contribution in [-0.4, -0.2) is 61.4 Å². The summed E-state index contributed by atoms with van der Waals surface area (Å²) in [7, 11) is 1.47. The number of esters is 1. The van der Waals surface area contributed by atoms with Crippen LogP contribution >= 0.6 is 0 Å². The van der Waals surface area contributed by atoms with Crippen molar-refractivity contribution in [3.63, 3.8) is 0 Å². The van der Waals surface area contributed by atoms with Gasteiger partial charge in [0.2, 0.25) is 0 Å². The summed E-state index contributed by atoms with van der Waals surface area (Å²) < 4.78 is 25.5. The van der Waals surface area contributed by atoms with Crippen molar-refractivity contribution >= 4 is 5.97 Å². The third-order valence-electron chi connectivity index (χ3n) is 9.28. The second-order valence-electron chi connectivity index (χ2n) is 11.1. The number of nitrogens with zero attached hydrogens (tertiary/aromatic N) is 1. The lowest BCUT2D eigenvalue weighted by molar-refractivity contribution is -0.397. The highest BCUT2D eigenvalue weighted by atomic mass is 16.8. The molecule has 0 N–H and O–H groups in total. The number of carbonyl (C=O) groups excluding carboxylic acids is 1. The normalized spacial score (nSPS) is 40.8. The third-order valence-corrected chi connectivity index (χ3v) is 9.28. The molecule has 3 heterocycles. The van der Waals surface area contributed by atoms with E-state index >= 15 is 0 Å². The second-order valence-corrected chi connectivity index (χ2v) is 11.1. The van der Waals surface area contributed by atoms with Crippen molar-refractivity contribution < 1.29 is 28.6 Å². The van der Waals surface area contributed by atoms with Gasteiger partial charge in [-0.25, -0.2) is 0 Å². The van der Waals surface area contributed by atoms with E-state index in [0.29, 0.717) is 19.6 Å². The Hall–Kier alpha value is -1.51. The molecule has 0 aromatic heterocycles. The molecule has 2 saturated carbocycles. The molecule has 35 heavy (non-hydrogen) atoms. The number of carbonyl (C=O) groups is 1. The van der Waals surface area contributed by atoms with Gasteiger partial charge >= 0.3 is 5.97 Å². The van der Waals surface area contributed by atoms with Gasteiger partial charge in [0.25, 0.3) is 0 Å². The first-order chi connectivity index (χ1) is 17.2. The van der Waals surface area contributed by atoms with E-state index in [2.05, 4.69) is 12.1 Å². The van der Waals surface area contributed by atoms with E-state index < -0.39 is 17.8 Å². The Bertz CT molecular complexity index is 871. The summed E-state index contributed by atoms with van der Waals surface area (Å²) >= 11 is 0. The summed E-state index contributed by atoms with van der Waals surface area (Å²) in [5.41, 5.74) is 1.26. The largest absolute Gasteiger partial charge is 0.469 e. The predicted octanol–water partition coefficient (Wildman–Crippen LogP) is 4.39. The molecule has 5 atom stereocenters. The number of benzene rings is 1. The lowest BCUT2D eigenvalue weighted by Gasteiger charge is -2.53. The van der Waals surface area contributed by atoms with E-state index in [1.165, 1.54) is 32.8 Å². The molecule has 0 amide bonds. The quantitative estimate of drug-likeness (QED) is 0.419. The van der Waals surface area contributed by atoms with Crippen LogP contribution in [0.1, 0.15) is 69.8 Å². The van der Waals surface area contributed by atoms with Crippen molar-refractivity contribution in [2.75, 3.05) is 20.3 Å². The first kappa shape index (κ1) is 23.9. The Morgan fingerprint density at radius 1 is 1.03 bits per heavy atom. The van der Waals surface area contributed by atoms with Crippen LogP contribution in [0.15, 0.2) is 30.3 Å². The fourth-order valence-electron chi connectivity index (χ4n) is 7.62. The van der Waals surface area contributed by atoms with E-state index in [-0.39, 0.29) is 29.6 Å². The molecule has 2 aliphatic carbocycles. The van der Waals surface area contributed by atoms with Gasteiger partial charge in [-0.05, 0) is 44.1 Å². The second kappa shape index (κ2) is 9.75. The molecule has 1 aromatic carbocycles. The van der Waals surface area contributed by atoms with Crippen LogP contribution < -0.4 is 0 Å². The Morgan fingerprint density at radius 2 is 1.77 bits per heavy atom. The van der Waals surface area contributed by atoms with Crippen LogP contribution in [0.3, 0.4) is 0 Å². The maximum Gasteiger partial charge on any atom is 0.313 e. The summed E-state index contributed by atoms with van der Waals surface area (Å²) in [6, 6.07) is 10.2. The average Bonchev–Trinajstić information content (AvgIpc) is 3.61. The van der Waals surface area contributed by atoms with E-state index in [0.717, 1.165) is 44.2 Å². The molecule has 3 saturated heterocycles. The van der Waals surface area contributed by atoms with Gasteiger partial charge in [-0.15, -0.1) is 0 Å². The van der Waals surface area contributed by atoms with E-state index in [1.54, 1.807) is 0 Å². The Kier molecular flexibility index (Phi) is 6.65. The van der Waals surface area contributed by atoms with Crippen molar-refractivity contribution in [2.45, 2.75) is 101 Å². The van der Waals surface area contributed by atoms with Crippen molar-refractivity contribution in [2.24, 2.45) is 11.3 Å². The van der Waals surface area contributed by atoms with Crippen molar-refractivity contribution in [1.82, 2.24) is 5.06 Å². The number of hydrogen-bond acceptors (Lipinski definition) is 7. The monoisotopic (exact) mass is 485 g/mol. The summed E-state index contributed by atoms with van der Waals surface area (Å²) in [6.07, 6.45) is 10.2. The van der Waals surface area contributed by atoms with E-state index in [9.17, 15) is 4.79 Å². The van der Waals surface area contributed by atoms with Crippen LogP contribution in [-0.2, 0) is 35.2 Å². The van der Waals surface area contributed by atoms with Crippen molar-refractivity contribution in [3.8, 4) is 0 Å². The molecule has 7 heteroatoms.